The van der Waals surface area contributed by atoms with E-state index in [2.05, 4.69) is 4.98 Å². The van der Waals surface area contributed by atoms with Crippen molar-refractivity contribution in [1.82, 2.24) is 4.98 Å². The van der Waals surface area contributed by atoms with Crippen molar-refractivity contribution in [2.45, 2.75) is 36.7 Å². The lowest BCUT2D eigenvalue weighted by Gasteiger charge is -2.23. The van der Waals surface area contributed by atoms with Crippen molar-refractivity contribution in [3.63, 3.8) is 0 Å². The van der Waals surface area contributed by atoms with Crippen LogP contribution in [0, 0.1) is 5.82 Å². The van der Waals surface area contributed by atoms with Gasteiger partial charge in [0.2, 0.25) is 5.91 Å². The molecule has 2 aromatic carbocycles. The molecule has 1 saturated heterocycles. The smallest absolute Gasteiger partial charge is 0.228 e. The maximum absolute atomic E-state index is 13.6. The first kappa shape index (κ1) is 23.6. The first-order valence-corrected chi connectivity index (χ1v) is 13.2. The van der Waals surface area contributed by atoms with Gasteiger partial charge in [-0.15, -0.1) is 0 Å². The fraction of sp³-hybridized carbons (Fsp3) is 0.391. The lowest BCUT2D eigenvalue weighted by Crippen LogP contribution is -2.37. The van der Waals surface area contributed by atoms with E-state index >= 15 is 0 Å². The van der Waals surface area contributed by atoms with Gasteiger partial charge in [0.25, 0.3) is 0 Å². The van der Waals surface area contributed by atoms with Crippen molar-refractivity contribution >= 4 is 42.4 Å². The van der Waals surface area contributed by atoms with Crippen LogP contribution in [0.2, 0.25) is 0 Å². The molecule has 1 unspecified atom stereocenters. The van der Waals surface area contributed by atoms with Gasteiger partial charge in [-0.25, -0.2) is 17.8 Å². The molecule has 1 amide bonds. The van der Waals surface area contributed by atoms with Crippen molar-refractivity contribution in [2.75, 3.05) is 30.9 Å². The van der Waals surface area contributed by atoms with Gasteiger partial charge in [-0.2, -0.15) is 0 Å². The van der Waals surface area contributed by atoms with Crippen molar-refractivity contribution in [3.05, 3.63) is 48.3 Å². The van der Waals surface area contributed by atoms with E-state index in [0.29, 0.717) is 34.2 Å². The zero-order valence-corrected chi connectivity index (χ0v) is 19.8. The normalized spacial score (nSPS) is 16.2. The average molecular weight is 493 g/mol. The second-order valence-corrected chi connectivity index (χ2v) is 11.0. The van der Waals surface area contributed by atoms with Crippen molar-refractivity contribution in [2.24, 2.45) is 0 Å². The van der Waals surface area contributed by atoms with Crippen LogP contribution in [-0.2, 0) is 19.4 Å². The van der Waals surface area contributed by atoms with Crippen LogP contribution >= 0.6 is 11.3 Å². The fourth-order valence-electron chi connectivity index (χ4n) is 3.73. The number of carbonyl (C=O) groups excluding carboxylic acids is 1. The van der Waals surface area contributed by atoms with E-state index in [-0.39, 0.29) is 41.3 Å². The Morgan fingerprint density at radius 1 is 1.27 bits per heavy atom. The molecule has 1 aromatic heterocycles. The fourth-order valence-corrected chi connectivity index (χ4v) is 6.06. The van der Waals surface area contributed by atoms with Gasteiger partial charge in [0.1, 0.15) is 11.6 Å². The molecule has 7 nitrogen and oxygen atoms in total. The summed E-state index contributed by atoms with van der Waals surface area (Å²) in [6.07, 6.45) is 1.90. The average Bonchev–Trinajstić information content (AvgIpc) is 3.46. The maximum Gasteiger partial charge on any atom is 0.228 e. The second kappa shape index (κ2) is 10.1. The SMILES string of the molecule is COc1ccc(S(=O)(=O)CCCC(=O)N(CC2CCCO2)c2nc3ccc(F)cc3s2)cc1. The monoisotopic (exact) mass is 492 g/mol. The number of benzene rings is 2. The van der Waals surface area contributed by atoms with E-state index < -0.39 is 9.84 Å². The maximum atomic E-state index is 13.6. The highest BCUT2D eigenvalue weighted by molar-refractivity contribution is 7.91. The highest BCUT2D eigenvalue weighted by atomic mass is 32.2. The summed E-state index contributed by atoms with van der Waals surface area (Å²) in [5.74, 6) is -0.165. The molecule has 3 aromatic rings. The summed E-state index contributed by atoms with van der Waals surface area (Å²) in [5.41, 5.74) is 0.614. The minimum absolute atomic E-state index is 0.0480. The number of thiazole rings is 1. The number of sulfone groups is 1. The molecular weight excluding hydrogens is 467 g/mol. The minimum atomic E-state index is -3.52. The summed E-state index contributed by atoms with van der Waals surface area (Å²) >= 11 is 1.24. The summed E-state index contributed by atoms with van der Waals surface area (Å²) in [6, 6.07) is 10.5. The van der Waals surface area contributed by atoms with Gasteiger partial charge in [-0.1, -0.05) is 11.3 Å². The number of anilines is 1. The molecule has 1 aliphatic rings. The molecule has 176 valence electrons. The summed E-state index contributed by atoms with van der Waals surface area (Å²) in [7, 11) is -2.01. The summed E-state index contributed by atoms with van der Waals surface area (Å²) in [4.78, 5) is 19.4. The number of fused-ring (bicyclic) bond motifs is 1. The van der Waals surface area contributed by atoms with Crippen LogP contribution in [0.3, 0.4) is 0 Å². The molecule has 0 radical (unpaired) electrons. The van der Waals surface area contributed by atoms with Crippen LogP contribution in [0.25, 0.3) is 10.2 Å². The summed E-state index contributed by atoms with van der Waals surface area (Å²) in [6.45, 7) is 0.990. The Morgan fingerprint density at radius 3 is 2.76 bits per heavy atom. The topological polar surface area (TPSA) is 85.8 Å². The Bertz CT molecular complexity index is 1220. The number of ether oxygens (including phenoxy) is 2. The zero-order chi connectivity index (χ0) is 23.4. The molecule has 2 heterocycles. The van der Waals surface area contributed by atoms with Crippen LogP contribution in [0.5, 0.6) is 5.75 Å². The van der Waals surface area contributed by atoms with Gasteiger partial charge >= 0.3 is 0 Å². The third-order valence-corrected chi connectivity index (χ3v) is 8.36. The number of hydrogen-bond donors (Lipinski definition) is 0. The zero-order valence-electron chi connectivity index (χ0n) is 18.2. The standard InChI is InChI=1S/C23H25FN2O5S2/c1-30-17-7-9-19(10-8-17)33(28,29)13-3-5-22(27)26(15-18-4-2-12-31-18)23-25-20-11-6-16(24)14-21(20)32-23/h6-11,14,18H,2-5,12-13,15H2,1H3. The second-order valence-electron chi connectivity index (χ2n) is 7.85. The van der Waals surface area contributed by atoms with Crippen molar-refractivity contribution in [3.8, 4) is 5.75 Å². The van der Waals surface area contributed by atoms with Gasteiger partial charge in [0, 0.05) is 13.0 Å². The van der Waals surface area contributed by atoms with Crippen molar-refractivity contribution in [1.29, 1.82) is 0 Å². The van der Waals surface area contributed by atoms with Crippen LogP contribution in [0.4, 0.5) is 9.52 Å². The lowest BCUT2D eigenvalue weighted by atomic mass is 10.2. The molecule has 0 bridgehead atoms. The van der Waals surface area contributed by atoms with E-state index in [1.807, 2.05) is 0 Å². The Labute approximate surface area is 196 Å². The number of carbonyl (C=O) groups is 1. The number of amides is 1. The van der Waals surface area contributed by atoms with Gasteiger partial charge in [-0.3, -0.25) is 9.69 Å². The molecule has 33 heavy (non-hydrogen) atoms. The summed E-state index contributed by atoms with van der Waals surface area (Å²) in [5, 5.41) is 0.467. The Kier molecular flexibility index (Phi) is 7.26. The number of nitrogens with zero attached hydrogens (tertiary/aromatic N) is 2. The van der Waals surface area contributed by atoms with Crippen LogP contribution in [-0.4, -0.2) is 51.4 Å². The molecule has 0 N–H and O–H groups in total. The first-order chi connectivity index (χ1) is 15.9. The number of aromatic nitrogens is 1. The van der Waals surface area contributed by atoms with Crippen LogP contribution in [0.1, 0.15) is 25.7 Å². The number of rotatable bonds is 9. The Morgan fingerprint density at radius 2 is 2.06 bits per heavy atom. The molecule has 1 fully saturated rings. The highest BCUT2D eigenvalue weighted by Crippen LogP contribution is 2.31. The number of hydrogen-bond acceptors (Lipinski definition) is 7. The number of halogens is 1. The lowest BCUT2D eigenvalue weighted by molar-refractivity contribution is -0.119. The third kappa shape index (κ3) is 5.69. The van der Waals surface area contributed by atoms with Gasteiger partial charge in [0.15, 0.2) is 15.0 Å². The van der Waals surface area contributed by atoms with Crippen molar-refractivity contribution < 1.29 is 27.1 Å². The van der Waals surface area contributed by atoms with E-state index in [9.17, 15) is 17.6 Å². The molecule has 1 aliphatic heterocycles. The predicted molar refractivity (Wildman–Crippen MR) is 125 cm³/mol. The number of methoxy groups -OCH3 is 1. The van der Waals surface area contributed by atoms with Gasteiger partial charge < -0.3 is 9.47 Å². The van der Waals surface area contributed by atoms with E-state index in [1.165, 1.54) is 42.7 Å². The van der Waals surface area contributed by atoms with E-state index in [1.54, 1.807) is 23.1 Å². The molecule has 1 atom stereocenters. The Hall–Kier alpha value is -2.56. The van der Waals surface area contributed by atoms with Gasteiger partial charge in [-0.05, 0) is 61.7 Å². The first-order valence-electron chi connectivity index (χ1n) is 10.7. The molecule has 10 heteroatoms. The van der Waals surface area contributed by atoms with Crippen LogP contribution < -0.4 is 9.64 Å². The predicted octanol–water partition coefficient (Wildman–Crippen LogP) is 4.21. The van der Waals surface area contributed by atoms with Gasteiger partial charge in [0.05, 0.1) is 40.6 Å². The minimum Gasteiger partial charge on any atom is -0.497 e. The molecule has 0 aliphatic carbocycles. The summed E-state index contributed by atoms with van der Waals surface area (Å²) < 4.78 is 50.3. The van der Waals surface area contributed by atoms with E-state index in [4.69, 9.17) is 9.47 Å². The largest absolute Gasteiger partial charge is 0.497 e. The highest BCUT2D eigenvalue weighted by Gasteiger charge is 2.26. The quantitative estimate of drug-likeness (QED) is 0.445. The molecule has 4 rings (SSSR count). The molecule has 0 saturated carbocycles. The van der Waals surface area contributed by atoms with Crippen LogP contribution in [0.15, 0.2) is 47.4 Å². The Balaban J connectivity index is 1.46. The third-order valence-electron chi connectivity index (χ3n) is 5.50. The molecular formula is C23H25FN2O5S2. The molecule has 0 spiro atoms. The van der Waals surface area contributed by atoms with E-state index in [0.717, 1.165) is 12.8 Å².